The van der Waals surface area contributed by atoms with E-state index in [1.807, 2.05) is 56.3 Å². The van der Waals surface area contributed by atoms with E-state index >= 15 is 0 Å². The number of benzene rings is 2. The summed E-state index contributed by atoms with van der Waals surface area (Å²) in [5.41, 5.74) is 3.08. The first-order valence-corrected chi connectivity index (χ1v) is 6.87. The third-order valence-electron chi connectivity index (χ3n) is 2.95. The standard InChI is InChI=1S/C17H21NO2/c1-13(2)20-17-6-4-3-5-15(17)11-18-16-9-7-14(12-19)8-10-16/h3-10,13,18-19H,11-12H2,1-2H3. The van der Waals surface area contributed by atoms with Crippen LogP contribution in [0, 0.1) is 0 Å². The van der Waals surface area contributed by atoms with Crippen LogP contribution in [-0.2, 0) is 13.2 Å². The van der Waals surface area contributed by atoms with Gasteiger partial charge >= 0.3 is 0 Å². The molecule has 2 N–H and O–H groups in total. The highest BCUT2D eigenvalue weighted by Gasteiger charge is 2.04. The van der Waals surface area contributed by atoms with Crippen molar-refractivity contribution in [3.63, 3.8) is 0 Å². The Morgan fingerprint density at radius 1 is 1.05 bits per heavy atom. The minimum absolute atomic E-state index is 0.0747. The molecule has 0 radical (unpaired) electrons. The van der Waals surface area contributed by atoms with Gasteiger partial charge < -0.3 is 15.2 Å². The molecule has 106 valence electrons. The number of para-hydroxylation sites is 1. The predicted molar refractivity (Wildman–Crippen MR) is 81.9 cm³/mol. The van der Waals surface area contributed by atoms with Gasteiger partial charge in [-0.1, -0.05) is 30.3 Å². The molecule has 0 atom stereocenters. The summed E-state index contributed by atoms with van der Waals surface area (Å²) < 4.78 is 5.80. The van der Waals surface area contributed by atoms with E-state index in [2.05, 4.69) is 11.4 Å². The molecular weight excluding hydrogens is 250 g/mol. The summed E-state index contributed by atoms with van der Waals surface area (Å²) in [7, 11) is 0. The maximum Gasteiger partial charge on any atom is 0.124 e. The minimum Gasteiger partial charge on any atom is -0.491 e. The summed E-state index contributed by atoms with van der Waals surface area (Å²) in [6, 6.07) is 15.8. The van der Waals surface area contributed by atoms with Crippen LogP contribution in [0.25, 0.3) is 0 Å². The van der Waals surface area contributed by atoms with Gasteiger partial charge in [0.15, 0.2) is 0 Å². The van der Waals surface area contributed by atoms with Crippen LogP contribution >= 0.6 is 0 Å². The second-order valence-corrected chi connectivity index (χ2v) is 4.98. The number of nitrogens with one attached hydrogen (secondary N) is 1. The zero-order chi connectivity index (χ0) is 14.4. The summed E-state index contributed by atoms with van der Waals surface area (Å²) >= 11 is 0. The van der Waals surface area contributed by atoms with Crippen molar-refractivity contribution in [3.05, 3.63) is 59.7 Å². The van der Waals surface area contributed by atoms with Crippen molar-refractivity contribution in [1.29, 1.82) is 0 Å². The van der Waals surface area contributed by atoms with E-state index in [0.717, 1.165) is 22.6 Å². The average molecular weight is 271 g/mol. The number of hydrogen-bond donors (Lipinski definition) is 2. The molecule has 0 fully saturated rings. The van der Waals surface area contributed by atoms with Gasteiger partial charge in [0.2, 0.25) is 0 Å². The lowest BCUT2D eigenvalue weighted by molar-refractivity contribution is 0.240. The summed E-state index contributed by atoms with van der Waals surface area (Å²) in [6.07, 6.45) is 0.167. The van der Waals surface area contributed by atoms with E-state index in [9.17, 15) is 0 Å². The van der Waals surface area contributed by atoms with E-state index in [1.165, 1.54) is 0 Å². The third-order valence-corrected chi connectivity index (χ3v) is 2.95. The highest BCUT2D eigenvalue weighted by molar-refractivity contribution is 5.46. The first-order chi connectivity index (χ1) is 9.69. The van der Waals surface area contributed by atoms with Crippen LogP contribution < -0.4 is 10.1 Å². The molecule has 0 unspecified atom stereocenters. The summed E-state index contributed by atoms with van der Waals surface area (Å²) in [5, 5.41) is 12.4. The molecule has 0 bridgehead atoms. The molecule has 0 aromatic heterocycles. The molecule has 0 amide bonds. The Balaban J connectivity index is 2.02. The van der Waals surface area contributed by atoms with Gasteiger partial charge in [-0.2, -0.15) is 0 Å². The molecular formula is C17H21NO2. The monoisotopic (exact) mass is 271 g/mol. The molecule has 2 aromatic carbocycles. The zero-order valence-electron chi connectivity index (χ0n) is 12.0. The number of aliphatic hydroxyl groups excluding tert-OH is 1. The molecule has 0 aliphatic rings. The molecule has 2 aromatic rings. The number of hydrogen-bond acceptors (Lipinski definition) is 3. The Labute approximate surface area is 120 Å². The molecule has 0 saturated heterocycles. The third kappa shape index (κ3) is 4.00. The number of aliphatic hydroxyl groups is 1. The summed E-state index contributed by atoms with van der Waals surface area (Å²) in [4.78, 5) is 0. The van der Waals surface area contributed by atoms with Crippen LogP contribution in [0.5, 0.6) is 5.75 Å². The van der Waals surface area contributed by atoms with Crippen LogP contribution in [0.4, 0.5) is 5.69 Å². The van der Waals surface area contributed by atoms with Gasteiger partial charge in [-0.25, -0.2) is 0 Å². The Kier molecular flexibility index (Phi) is 5.02. The van der Waals surface area contributed by atoms with Gasteiger partial charge in [0.1, 0.15) is 5.75 Å². The second-order valence-electron chi connectivity index (χ2n) is 4.98. The maximum atomic E-state index is 9.02. The Morgan fingerprint density at radius 3 is 2.40 bits per heavy atom. The normalized spacial score (nSPS) is 10.6. The molecule has 3 nitrogen and oxygen atoms in total. The fourth-order valence-corrected chi connectivity index (χ4v) is 1.94. The second kappa shape index (κ2) is 6.96. The van der Waals surface area contributed by atoms with E-state index in [0.29, 0.717) is 6.54 Å². The minimum atomic E-state index is 0.0747. The summed E-state index contributed by atoms with van der Waals surface area (Å²) in [6.45, 7) is 4.84. The molecule has 0 aliphatic heterocycles. The van der Waals surface area contributed by atoms with Gasteiger partial charge in [0.05, 0.1) is 12.7 Å². The average Bonchev–Trinajstić information content (AvgIpc) is 2.46. The van der Waals surface area contributed by atoms with Crippen LogP contribution in [0.15, 0.2) is 48.5 Å². The molecule has 0 spiro atoms. The zero-order valence-corrected chi connectivity index (χ0v) is 12.0. The molecule has 0 aliphatic carbocycles. The number of ether oxygens (including phenoxy) is 1. The fraction of sp³-hybridized carbons (Fsp3) is 0.294. The lowest BCUT2D eigenvalue weighted by atomic mass is 10.1. The molecule has 20 heavy (non-hydrogen) atoms. The van der Waals surface area contributed by atoms with Crippen molar-refractivity contribution in [3.8, 4) is 5.75 Å². The first-order valence-electron chi connectivity index (χ1n) is 6.87. The highest BCUT2D eigenvalue weighted by atomic mass is 16.5. The number of rotatable bonds is 6. The lowest BCUT2D eigenvalue weighted by Crippen LogP contribution is -2.09. The molecule has 2 rings (SSSR count). The fourth-order valence-electron chi connectivity index (χ4n) is 1.94. The predicted octanol–water partition coefficient (Wildman–Crippen LogP) is 3.58. The Morgan fingerprint density at radius 2 is 1.75 bits per heavy atom. The Hall–Kier alpha value is -2.00. The van der Waals surface area contributed by atoms with Gasteiger partial charge in [-0.15, -0.1) is 0 Å². The SMILES string of the molecule is CC(C)Oc1ccccc1CNc1ccc(CO)cc1. The Bertz CT molecular complexity index is 535. The molecule has 0 saturated carbocycles. The van der Waals surface area contributed by atoms with Crippen LogP contribution in [0.3, 0.4) is 0 Å². The first kappa shape index (κ1) is 14.4. The smallest absolute Gasteiger partial charge is 0.124 e. The van der Waals surface area contributed by atoms with Crippen molar-refractivity contribution in [2.75, 3.05) is 5.32 Å². The maximum absolute atomic E-state index is 9.02. The van der Waals surface area contributed by atoms with Crippen LogP contribution in [-0.4, -0.2) is 11.2 Å². The van der Waals surface area contributed by atoms with Crippen molar-refractivity contribution < 1.29 is 9.84 Å². The van der Waals surface area contributed by atoms with Crippen molar-refractivity contribution >= 4 is 5.69 Å². The van der Waals surface area contributed by atoms with E-state index in [1.54, 1.807) is 0 Å². The van der Waals surface area contributed by atoms with Gasteiger partial charge in [0.25, 0.3) is 0 Å². The molecule has 3 heteroatoms. The van der Waals surface area contributed by atoms with Crippen molar-refractivity contribution in [1.82, 2.24) is 0 Å². The van der Waals surface area contributed by atoms with Gasteiger partial charge in [0, 0.05) is 17.8 Å². The van der Waals surface area contributed by atoms with E-state index < -0.39 is 0 Å². The number of anilines is 1. The van der Waals surface area contributed by atoms with E-state index in [4.69, 9.17) is 9.84 Å². The van der Waals surface area contributed by atoms with E-state index in [-0.39, 0.29) is 12.7 Å². The highest BCUT2D eigenvalue weighted by Crippen LogP contribution is 2.21. The van der Waals surface area contributed by atoms with Gasteiger partial charge in [-0.3, -0.25) is 0 Å². The van der Waals surface area contributed by atoms with Crippen LogP contribution in [0.1, 0.15) is 25.0 Å². The van der Waals surface area contributed by atoms with Crippen molar-refractivity contribution in [2.45, 2.75) is 33.1 Å². The molecule has 0 heterocycles. The topological polar surface area (TPSA) is 41.5 Å². The largest absolute Gasteiger partial charge is 0.491 e. The lowest BCUT2D eigenvalue weighted by Gasteiger charge is -2.15. The summed E-state index contributed by atoms with van der Waals surface area (Å²) in [5.74, 6) is 0.918. The quantitative estimate of drug-likeness (QED) is 0.843. The van der Waals surface area contributed by atoms with Crippen LogP contribution in [0.2, 0.25) is 0 Å². The van der Waals surface area contributed by atoms with Gasteiger partial charge in [-0.05, 0) is 37.6 Å². The van der Waals surface area contributed by atoms with Crippen molar-refractivity contribution in [2.24, 2.45) is 0 Å².